The second-order valence-electron chi connectivity index (χ2n) is 2.72. The average molecular weight is 234 g/mol. The van der Waals surface area contributed by atoms with Crippen molar-refractivity contribution in [2.75, 3.05) is 13.2 Å². The molecule has 1 aliphatic heterocycles. The number of halogens is 3. The molecule has 0 radical (unpaired) electrons. The maximum atomic E-state index is 5.50. The molecule has 1 unspecified atom stereocenters. The summed E-state index contributed by atoms with van der Waals surface area (Å²) in [5, 5.41) is 0. The molecule has 0 aliphatic carbocycles. The third-order valence-corrected chi connectivity index (χ3v) is 1.90. The highest BCUT2D eigenvalue weighted by atomic mass is 35.6. The number of hydrogen-bond acceptors (Lipinski definition) is 2. The second kappa shape index (κ2) is 4.87. The standard InChI is InChI=1S/C7H11Cl3O2/c8-7(9,10)5-12-6-3-1-2-4-11-6/h6H,1-5H2. The Hall–Kier alpha value is 0.790. The van der Waals surface area contributed by atoms with Gasteiger partial charge in [-0.2, -0.15) is 0 Å². The molecule has 0 amide bonds. The van der Waals surface area contributed by atoms with Crippen molar-refractivity contribution >= 4 is 34.8 Å². The molecule has 1 rings (SSSR count). The zero-order valence-corrected chi connectivity index (χ0v) is 8.83. The normalized spacial score (nSPS) is 25.8. The molecule has 0 aromatic rings. The highest BCUT2D eigenvalue weighted by Gasteiger charge is 2.23. The third-order valence-electron chi connectivity index (χ3n) is 1.57. The molecule has 1 saturated heterocycles. The van der Waals surface area contributed by atoms with Crippen LogP contribution in [0.2, 0.25) is 0 Å². The van der Waals surface area contributed by atoms with Gasteiger partial charge in [0.15, 0.2) is 6.29 Å². The summed E-state index contributed by atoms with van der Waals surface area (Å²) in [6.07, 6.45) is 2.91. The summed E-state index contributed by atoms with van der Waals surface area (Å²) in [7, 11) is 0. The first-order chi connectivity index (χ1) is 5.58. The largest absolute Gasteiger partial charge is 0.353 e. The summed E-state index contributed by atoms with van der Waals surface area (Å²) in [4.78, 5) is 0. The lowest BCUT2D eigenvalue weighted by Gasteiger charge is -2.24. The van der Waals surface area contributed by atoms with Gasteiger partial charge in [-0.25, -0.2) is 0 Å². The van der Waals surface area contributed by atoms with Crippen molar-refractivity contribution in [3.05, 3.63) is 0 Å². The fraction of sp³-hybridized carbons (Fsp3) is 1.00. The third kappa shape index (κ3) is 4.73. The molecule has 1 heterocycles. The van der Waals surface area contributed by atoms with E-state index in [-0.39, 0.29) is 12.9 Å². The SMILES string of the molecule is ClC(Cl)(Cl)COC1CCCCO1. The van der Waals surface area contributed by atoms with E-state index in [9.17, 15) is 0 Å². The molecule has 0 N–H and O–H groups in total. The van der Waals surface area contributed by atoms with Gasteiger partial charge in [0.1, 0.15) is 0 Å². The monoisotopic (exact) mass is 232 g/mol. The topological polar surface area (TPSA) is 18.5 Å². The van der Waals surface area contributed by atoms with Crippen molar-refractivity contribution in [1.82, 2.24) is 0 Å². The van der Waals surface area contributed by atoms with E-state index in [1.54, 1.807) is 0 Å². The van der Waals surface area contributed by atoms with Crippen molar-refractivity contribution < 1.29 is 9.47 Å². The zero-order valence-electron chi connectivity index (χ0n) is 6.56. The Bertz CT molecular complexity index is 129. The van der Waals surface area contributed by atoms with Gasteiger partial charge in [0.2, 0.25) is 3.79 Å². The van der Waals surface area contributed by atoms with Crippen LogP contribution in [0, 0.1) is 0 Å². The van der Waals surface area contributed by atoms with Crippen LogP contribution in [-0.4, -0.2) is 23.3 Å². The predicted molar refractivity (Wildman–Crippen MR) is 49.8 cm³/mol. The van der Waals surface area contributed by atoms with Crippen LogP contribution in [0.25, 0.3) is 0 Å². The number of rotatable bonds is 2. The van der Waals surface area contributed by atoms with Crippen LogP contribution in [0.1, 0.15) is 19.3 Å². The number of hydrogen-bond donors (Lipinski definition) is 0. The molecule has 12 heavy (non-hydrogen) atoms. The number of alkyl halides is 3. The molecule has 0 aromatic heterocycles. The van der Waals surface area contributed by atoms with E-state index in [2.05, 4.69) is 0 Å². The van der Waals surface area contributed by atoms with Gasteiger partial charge >= 0.3 is 0 Å². The molecule has 72 valence electrons. The van der Waals surface area contributed by atoms with Crippen LogP contribution in [0.15, 0.2) is 0 Å². The minimum Gasteiger partial charge on any atom is -0.353 e. The molecular weight excluding hydrogens is 222 g/mol. The van der Waals surface area contributed by atoms with Crippen molar-refractivity contribution in [1.29, 1.82) is 0 Å². The Kier molecular flexibility index (Phi) is 4.41. The molecule has 0 aromatic carbocycles. The molecule has 0 bridgehead atoms. The van der Waals surface area contributed by atoms with E-state index in [4.69, 9.17) is 44.3 Å². The summed E-state index contributed by atoms with van der Waals surface area (Å²) >= 11 is 16.5. The summed E-state index contributed by atoms with van der Waals surface area (Å²) in [5.74, 6) is 0. The van der Waals surface area contributed by atoms with E-state index in [0.717, 1.165) is 25.9 Å². The smallest absolute Gasteiger partial charge is 0.213 e. The molecule has 1 aliphatic rings. The summed E-state index contributed by atoms with van der Waals surface area (Å²) in [6.45, 7) is 0.826. The fourth-order valence-corrected chi connectivity index (χ4v) is 1.22. The van der Waals surface area contributed by atoms with Gasteiger partial charge in [-0.05, 0) is 19.3 Å². The Morgan fingerprint density at radius 2 is 2.08 bits per heavy atom. The zero-order chi connectivity index (χ0) is 9.03. The first-order valence-corrected chi connectivity index (χ1v) is 5.01. The molecular formula is C7H11Cl3O2. The van der Waals surface area contributed by atoms with Gasteiger partial charge in [-0.3, -0.25) is 0 Å². The van der Waals surface area contributed by atoms with E-state index in [0.29, 0.717) is 0 Å². The maximum absolute atomic E-state index is 5.50. The first kappa shape index (κ1) is 10.9. The summed E-state index contributed by atoms with van der Waals surface area (Å²) in [5.41, 5.74) is 0. The van der Waals surface area contributed by atoms with Gasteiger partial charge < -0.3 is 9.47 Å². The van der Waals surface area contributed by atoms with E-state index in [1.165, 1.54) is 0 Å². The summed E-state index contributed by atoms with van der Waals surface area (Å²) < 4.78 is 9.17. The van der Waals surface area contributed by atoms with E-state index < -0.39 is 3.79 Å². The fourth-order valence-electron chi connectivity index (χ4n) is 1.03. The Morgan fingerprint density at radius 3 is 2.58 bits per heavy atom. The number of ether oxygens (including phenoxy) is 2. The summed E-state index contributed by atoms with van der Waals surface area (Å²) in [6, 6.07) is 0. The Labute approximate surface area is 87.1 Å². The van der Waals surface area contributed by atoms with Crippen LogP contribution in [0.5, 0.6) is 0 Å². The van der Waals surface area contributed by atoms with Gasteiger partial charge in [0.05, 0.1) is 6.61 Å². The van der Waals surface area contributed by atoms with Crippen LogP contribution in [0.4, 0.5) is 0 Å². The van der Waals surface area contributed by atoms with Crippen molar-refractivity contribution in [2.24, 2.45) is 0 Å². The van der Waals surface area contributed by atoms with Gasteiger partial charge in [0.25, 0.3) is 0 Å². The van der Waals surface area contributed by atoms with Crippen LogP contribution in [0.3, 0.4) is 0 Å². The molecule has 0 saturated carbocycles. The van der Waals surface area contributed by atoms with Crippen molar-refractivity contribution in [2.45, 2.75) is 29.3 Å². The van der Waals surface area contributed by atoms with E-state index >= 15 is 0 Å². The lowest BCUT2D eigenvalue weighted by atomic mass is 10.2. The van der Waals surface area contributed by atoms with Crippen LogP contribution < -0.4 is 0 Å². The molecule has 1 fully saturated rings. The molecule has 0 spiro atoms. The van der Waals surface area contributed by atoms with Gasteiger partial charge in [-0.15, -0.1) is 0 Å². The van der Waals surface area contributed by atoms with E-state index in [1.807, 2.05) is 0 Å². The van der Waals surface area contributed by atoms with Crippen LogP contribution >= 0.6 is 34.8 Å². The van der Waals surface area contributed by atoms with Gasteiger partial charge in [-0.1, -0.05) is 34.8 Å². The molecule has 1 atom stereocenters. The predicted octanol–water partition coefficient (Wildman–Crippen LogP) is 2.90. The maximum Gasteiger partial charge on any atom is 0.213 e. The molecule has 5 heteroatoms. The minimum atomic E-state index is -1.33. The molecule has 2 nitrogen and oxygen atoms in total. The average Bonchev–Trinajstić information content (AvgIpc) is 2.02. The lowest BCUT2D eigenvalue weighted by Crippen LogP contribution is -2.26. The Morgan fingerprint density at radius 1 is 1.33 bits per heavy atom. The highest BCUT2D eigenvalue weighted by Crippen LogP contribution is 2.27. The highest BCUT2D eigenvalue weighted by molar-refractivity contribution is 6.67. The Balaban J connectivity index is 2.13. The minimum absolute atomic E-state index is 0.0856. The lowest BCUT2D eigenvalue weighted by molar-refractivity contribution is -0.161. The van der Waals surface area contributed by atoms with Crippen LogP contribution in [-0.2, 0) is 9.47 Å². The first-order valence-electron chi connectivity index (χ1n) is 3.88. The second-order valence-corrected chi connectivity index (χ2v) is 5.24. The van der Waals surface area contributed by atoms with Gasteiger partial charge in [0, 0.05) is 6.61 Å². The quantitative estimate of drug-likeness (QED) is 0.683. The van der Waals surface area contributed by atoms with Crippen molar-refractivity contribution in [3.8, 4) is 0 Å². The van der Waals surface area contributed by atoms with Crippen molar-refractivity contribution in [3.63, 3.8) is 0 Å².